The van der Waals surface area contributed by atoms with Crippen LogP contribution in [0.4, 0.5) is 0 Å². The molecule has 0 saturated heterocycles. The number of rotatable bonds is 8. The van der Waals surface area contributed by atoms with E-state index in [-0.39, 0.29) is 24.0 Å². The Morgan fingerprint density at radius 2 is 1.47 bits per heavy atom. The first-order chi connectivity index (χ1) is 8.60. The molecular weight excluding hydrogens is 351 g/mol. The van der Waals surface area contributed by atoms with E-state index in [9.17, 15) is 0 Å². The molecule has 0 bridgehead atoms. The zero-order valence-corrected chi connectivity index (χ0v) is 15.8. The van der Waals surface area contributed by atoms with E-state index in [4.69, 9.17) is 4.99 Å². The van der Waals surface area contributed by atoms with Crippen LogP contribution in [0.25, 0.3) is 0 Å². The van der Waals surface area contributed by atoms with Crippen molar-refractivity contribution in [3.8, 4) is 0 Å². The van der Waals surface area contributed by atoms with Crippen LogP contribution in [0.1, 0.15) is 40.5 Å². The normalized spacial score (nSPS) is 12.0. The minimum Gasteiger partial charge on any atom is -0.357 e. The molecule has 5 heteroatoms. The Morgan fingerprint density at radius 1 is 1.00 bits per heavy atom. The summed E-state index contributed by atoms with van der Waals surface area (Å²) in [6.07, 6.45) is 2.43. The lowest BCUT2D eigenvalue weighted by atomic mass is 9.93. The molecule has 0 spiro atoms. The maximum Gasteiger partial charge on any atom is 0.191 e. The molecule has 0 aromatic rings. The van der Waals surface area contributed by atoms with Crippen LogP contribution in [0.15, 0.2) is 4.99 Å². The van der Waals surface area contributed by atoms with Crippen LogP contribution in [0, 0.1) is 5.92 Å². The smallest absolute Gasteiger partial charge is 0.191 e. The van der Waals surface area contributed by atoms with E-state index in [2.05, 4.69) is 57.3 Å². The van der Waals surface area contributed by atoms with E-state index in [1.165, 1.54) is 12.8 Å². The minimum atomic E-state index is 0. The van der Waals surface area contributed by atoms with Gasteiger partial charge in [0.2, 0.25) is 0 Å². The Labute approximate surface area is 136 Å². The SMILES string of the molecule is CCNC(=NCC(C(CC)CC)N(C)C)NCC.I. The molecular formula is C14H33IN4. The van der Waals surface area contributed by atoms with Crippen molar-refractivity contribution in [2.24, 2.45) is 10.9 Å². The summed E-state index contributed by atoms with van der Waals surface area (Å²) >= 11 is 0. The minimum absolute atomic E-state index is 0. The van der Waals surface area contributed by atoms with Gasteiger partial charge in [0.1, 0.15) is 0 Å². The molecule has 0 aliphatic heterocycles. The van der Waals surface area contributed by atoms with Crippen LogP contribution < -0.4 is 10.6 Å². The Kier molecular flexibility index (Phi) is 14.5. The molecule has 0 aliphatic rings. The van der Waals surface area contributed by atoms with Gasteiger partial charge in [0.15, 0.2) is 5.96 Å². The van der Waals surface area contributed by atoms with Gasteiger partial charge in [0, 0.05) is 19.1 Å². The average molecular weight is 384 g/mol. The molecule has 0 aromatic carbocycles. The third-order valence-electron chi connectivity index (χ3n) is 3.38. The number of aliphatic imine (C=N–C) groups is 1. The van der Waals surface area contributed by atoms with Crippen molar-refractivity contribution >= 4 is 29.9 Å². The first-order valence-electron chi connectivity index (χ1n) is 7.29. The Balaban J connectivity index is 0. The van der Waals surface area contributed by atoms with Gasteiger partial charge in [-0.15, -0.1) is 24.0 Å². The molecule has 19 heavy (non-hydrogen) atoms. The molecule has 0 rings (SSSR count). The molecule has 1 atom stereocenters. The van der Waals surface area contributed by atoms with Crippen molar-refractivity contribution in [1.29, 1.82) is 0 Å². The lowest BCUT2D eigenvalue weighted by Crippen LogP contribution is -2.41. The highest BCUT2D eigenvalue weighted by Gasteiger charge is 2.20. The molecule has 116 valence electrons. The highest BCUT2D eigenvalue weighted by molar-refractivity contribution is 14.0. The summed E-state index contributed by atoms with van der Waals surface area (Å²) in [7, 11) is 4.30. The molecule has 0 fully saturated rings. The zero-order chi connectivity index (χ0) is 14.0. The maximum atomic E-state index is 4.69. The topological polar surface area (TPSA) is 39.7 Å². The number of halogens is 1. The largest absolute Gasteiger partial charge is 0.357 e. The number of guanidine groups is 1. The first-order valence-corrected chi connectivity index (χ1v) is 7.29. The molecule has 0 aliphatic carbocycles. The average Bonchev–Trinajstić information content (AvgIpc) is 2.34. The lowest BCUT2D eigenvalue weighted by Gasteiger charge is -2.30. The van der Waals surface area contributed by atoms with Gasteiger partial charge in [0.25, 0.3) is 0 Å². The standard InChI is InChI=1S/C14H32N4.HI/c1-7-12(8-2)13(18(5)6)11-17-14(15-9-3)16-10-4;/h12-13H,7-11H2,1-6H3,(H2,15,16,17);1H. The highest BCUT2D eigenvalue weighted by atomic mass is 127. The molecule has 2 N–H and O–H groups in total. The summed E-state index contributed by atoms with van der Waals surface area (Å²) < 4.78 is 0. The summed E-state index contributed by atoms with van der Waals surface area (Å²) in [5.41, 5.74) is 0. The fraction of sp³-hybridized carbons (Fsp3) is 0.929. The van der Waals surface area contributed by atoms with Gasteiger partial charge in [-0.1, -0.05) is 26.7 Å². The number of nitrogens with zero attached hydrogens (tertiary/aromatic N) is 2. The Hall–Kier alpha value is -0.0400. The second-order valence-corrected chi connectivity index (χ2v) is 4.86. The first kappa shape index (κ1) is 21.3. The van der Waals surface area contributed by atoms with Crippen molar-refractivity contribution in [2.45, 2.75) is 46.6 Å². The van der Waals surface area contributed by atoms with Gasteiger partial charge >= 0.3 is 0 Å². The highest BCUT2D eigenvalue weighted by Crippen LogP contribution is 2.17. The quantitative estimate of drug-likeness (QED) is 0.384. The summed E-state index contributed by atoms with van der Waals surface area (Å²) in [4.78, 5) is 7.00. The monoisotopic (exact) mass is 384 g/mol. The van der Waals surface area contributed by atoms with Crippen molar-refractivity contribution in [3.63, 3.8) is 0 Å². The van der Waals surface area contributed by atoms with Crippen molar-refractivity contribution in [3.05, 3.63) is 0 Å². The number of hydrogen-bond donors (Lipinski definition) is 2. The summed E-state index contributed by atoms with van der Waals surface area (Å²) in [5, 5.41) is 6.55. The summed E-state index contributed by atoms with van der Waals surface area (Å²) in [6, 6.07) is 0.521. The molecule has 0 heterocycles. The molecule has 0 saturated carbocycles. The number of likely N-dealkylation sites (N-methyl/N-ethyl adjacent to an activating group) is 1. The van der Waals surface area contributed by atoms with E-state index >= 15 is 0 Å². The van der Waals surface area contributed by atoms with E-state index < -0.39 is 0 Å². The van der Waals surface area contributed by atoms with E-state index in [0.717, 1.165) is 25.6 Å². The maximum absolute atomic E-state index is 4.69. The molecule has 1 unspecified atom stereocenters. The van der Waals surface area contributed by atoms with Gasteiger partial charge in [0.05, 0.1) is 6.54 Å². The number of hydrogen-bond acceptors (Lipinski definition) is 2. The van der Waals surface area contributed by atoms with Crippen LogP contribution in [-0.4, -0.2) is 50.6 Å². The van der Waals surface area contributed by atoms with E-state index in [1.807, 2.05) is 0 Å². The van der Waals surface area contributed by atoms with Crippen LogP contribution in [0.2, 0.25) is 0 Å². The van der Waals surface area contributed by atoms with Crippen LogP contribution >= 0.6 is 24.0 Å². The van der Waals surface area contributed by atoms with Gasteiger partial charge < -0.3 is 15.5 Å². The third kappa shape index (κ3) is 8.68. The fourth-order valence-corrected chi connectivity index (χ4v) is 2.26. The molecule has 4 nitrogen and oxygen atoms in total. The summed E-state index contributed by atoms with van der Waals surface area (Å²) in [6.45, 7) is 11.4. The van der Waals surface area contributed by atoms with Crippen LogP contribution in [0.3, 0.4) is 0 Å². The molecule has 0 aromatic heterocycles. The predicted molar refractivity (Wildman–Crippen MR) is 96.6 cm³/mol. The van der Waals surface area contributed by atoms with E-state index in [1.54, 1.807) is 0 Å². The second-order valence-electron chi connectivity index (χ2n) is 4.86. The van der Waals surface area contributed by atoms with E-state index in [0.29, 0.717) is 12.0 Å². The van der Waals surface area contributed by atoms with Crippen molar-refractivity contribution in [1.82, 2.24) is 15.5 Å². The Morgan fingerprint density at radius 3 is 1.79 bits per heavy atom. The third-order valence-corrected chi connectivity index (χ3v) is 3.38. The molecule has 0 amide bonds. The predicted octanol–water partition coefficient (Wildman–Crippen LogP) is 2.55. The fourth-order valence-electron chi connectivity index (χ4n) is 2.26. The van der Waals surface area contributed by atoms with Crippen LogP contribution in [0.5, 0.6) is 0 Å². The van der Waals surface area contributed by atoms with Crippen molar-refractivity contribution in [2.75, 3.05) is 33.7 Å². The lowest BCUT2D eigenvalue weighted by molar-refractivity contribution is 0.206. The summed E-state index contributed by atoms with van der Waals surface area (Å²) in [5.74, 6) is 1.64. The number of nitrogens with one attached hydrogen (secondary N) is 2. The van der Waals surface area contributed by atoms with Gasteiger partial charge in [-0.2, -0.15) is 0 Å². The van der Waals surface area contributed by atoms with Crippen molar-refractivity contribution < 1.29 is 0 Å². The van der Waals surface area contributed by atoms with Gasteiger partial charge in [-0.25, -0.2) is 0 Å². The Bertz CT molecular complexity index is 219. The second kappa shape index (κ2) is 13.0. The van der Waals surface area contributed by atoms with Crippen LogP contribution in [-0.2, 0) is 0 Å². The van der Waals surface area contributed by atoms with Gasteiger partial charge in [-0.3, -0.25) is 4.99 Å². The molecule has 0 radical (unpaired) electrons. The van der Waals surface area contributed by atoms with Gasteiger partial charge in [-0.05, 0) is 33.9 Å². The zero-order valence-electron chi connectivity index (χ0n) is 13.5.